The van der Waals surface area contributed by atoms with Gasteiger partial charge in [0, 0.05) is 23.4 Å². The van der Waals surface area contributed by atoms with E-state index in [1.165, 1.54) is 32.1 Å². The summed E-state index contributed by atoms with van der Waals surface area (Å²) in [6, 6.07) is 0. The van der Waals surface area contributed by atoms with Gasteiger partial charge in [0.25, 0.3) is 0 Å². The lowest BCUT2D eigenvalue weighted by Crippen LogP contribution is -2.20. The van der Waals surface area contributed by atoms with E-state index in [-0.39, 0.29) is 6.10 Å². The Kier molecular flexibility index (Phi) is 4.72. The van der Waals surface area contributed by atoms with E-state index in [4.69, 9.17) is 0 Å². The number of aliphatic hydroxyl groups excluding tert-OH is 1. The zero-order valence-electron chi connectivity index (χ0n) is 9.59. The smallest absolute Gasteiger partial charge is 0.0946 e. The lowest BCUT2D eigenvalue weighted by atomic mass is 10.0. The lowest BCUT2D eigenvalue weighted by molar-refractivity contribution is 0.178. The Labute approximate surface area is 101 Å². The molecule has 1 atom stereocenters. The van der Waals surface area contributed by atoms with Crippen molar-refractivity contribution in [3.8, 4) is 0 Å². The molecule has 2 rings (SSSR count). The van der Waals surface area contributed by atoms with E-state index in [0.29, 0.717) is 6.54 Å². The molecule has 3 nitrogen and oxygen atoms in total. The maximum Gasteiger partial charge on any atom is 0.0946 e. The highest BCUT2D eigenvalue weighted by Crippen LogP contribution is 2.28. The monoisotopic (exact) mass is 240 g/mol. The third kappa shape index (κ3) is 3.83. The number of hydrogen-bond acceptors (Lipinski definition) is 3. The first kappa shape index (κ1) is 12.0. The van der Waals surface area contributed by atoms with Gasteiger partial charge in [0.15, 0.2) is 0 Å². The van der Waals surface area contributed by atoms with Crippen LogP contribution in [-0.4, -0.2) is 31.8 Å². The van der Waals surface area contributed by atoms with Gasteiger partial charge in [-0.2, -0.15) is 11.8 Å². The first-order valence-electron chi connectivity index (χ1n) is 6.10. The Morgan fingerprint density at radius 3 is 2.88 bits per heavy atom. The number of hydrogen-bond donors (Lipinski definition) is 1. The summed E-state index contributed by atoms with van der Waals surface area (Å²) in [6.45, 7) is 0.666. The minimum Gasteiger partial charge on any atom is -0.390 e. The number of rotatable bonds is 5. The fourth-order valence-electron chi connectivity index (χ4n) is 2.17. The summed E-state index contributed by atoms with van der Waals surface area (Å²) in [7, 11) is 0. The standard InChI is InChI=1S/C12H20N2OS/c15-11(8-14-7-6-13-10-14)9-16-12-4-2-1-3-5-12/h6-7,10-12,15H,1-5,8-9H2. The van der Waals surface area contributed by atoms with Crippen LogP contribution in [0.4, 0.5) is 0 Å². The van der Waals surface area contributed by atoms with Crippen LogP contribution >= 0.6 is 11.8 Å². The third-order valence-electron chi connectivity index (χ3n) is 3.06. The maximum atomic E-state index is 9.88. The predicted octanol–water partition coefficient (Wildman–Crippen LogP) is 2.31. The highest BCUT2D eigenvalue weighted by molar-refractivity contribution is 7.99. The summed E-state index contributed by atoms with van der Waals surface area (Å²) in [5.74, 6) is 0.850. The number of aliphatic hydroxyl groups is 1. The van der Waals surface area contributed by atoms with Crippen molar-refractivity contribution in [3.63, 3.8) is 0 Å². The van der Waals surface area contributed by atoms with E-state index in [9.17, 15) is 5.11 Å². The van der Waals surface area contributed by atoms with Crippen LogP contribution in [0.15, 0.2) is 18.7 Å². The Balaban J connectivity index is 1.65. The molecule has 1 saturated carbocycles. The molecular formula is C12H20N2OS. The van der Waals surface area contributed by atoms with Crippen molar-refractivity contribution in [2.45, 2.75) is 50.0 Å². The van der Waals surface area contributed by atoms with Crippen LogP contribution < -0.4 is 0 Å². The number of imidazole rings is 1. The molecule has 1 N–H and O–H groups in total. The zero-order chi connectivity index (χ0) is 11.2. The van der Waals surface area contributed by atoms with E-state index < -0.39 is 0 Å². The molecule has 1 aromatic heterocycles. The number of thioether (sulfide) groups is 1. The van der Waals surface area contributed by atoms with E-state index in [1.807, 2.05) is 22.5 Å². The maximum absolute atomic E-state index is 9.88. The van der Waals surface area contributed by atoms with Gasteiger partial charge >= 0.3 is 0 Å². The first-order valence-corrected chi connectivity index (χ1v) is 7.15. The van der Waals surface area contributed by atoms with Crippen LogP contribution in [-0.2, 0) is 6.54 Å². The Morgan fingerprint density at radius 2 is 2.19 bits per heavy atom. The van der Waals surface area contributed by atoms with E-state index in [1.54, 1.807) is 12.5 Å². The second-order valence-electron chi connectivity index (χ2n) is 4.51. The second kappa shape index (κ2) is 6.30. The van der Waals surface area contributed by atoms with Crippen molar-refractivity contribution in [1.29, 1.82) is 0 Å². The molecule has 1 aliphatic carbocycles. The van der Waals surface area contributed by atoms with Crippen LogP contribution in [0, 0.1) is 0 Å². The third-order valence-corrected chi connectivity index (χ3v) is 4.58. The van der Waals surface area contributed by atoms with E-state index in [2.05, 4.69) is 4.98 Å². The van der Waals surface area contributed by atoms with Gasteiger partial charge in [-0.05, 0) is 12.8 Å². The van der Waals surface area contributed by atoms with Crippen molar-refractivity contribution >= 4 is 11.8 Å². The SMILES string of the molecule is OC(CSC1CCCCC1)Cn1ccnc1. The van der Waals surface area contributed by atoms with Gasteiger partial charge in [-0.1, -0.05) is 19.3 Å². The van der Waals surface area contributed by atoms with Crippen LogP contribution in [0.2, 0.25) is 0 Å². The van der Waals surface area contributed by atoms with Gasteiger partial charge < -0.3 is 9.67 Å². The van der Waals surface area contributed by atoms with Gasteiger partial charge in [-0.3, -0.25) is 0 Å². The van der Waals surface area contributed by atoms with E-state index >= 15 is 0 Å². The fraction of sp³-hybridized carbons (Fsp3) is 0.750. The fourth-order valence-corrected chi connectivity index (χ4v) is 3.44. The summed E-state index contributed by atoms with van der Waals surface area (Å²) < 4.78 is 1.94. The van der Waals surface area contributed by atoms with Crippen molar-refractivity contribution in [3.05, 3.63) is 18.7 Å². The number of aromatic nitrogens is 2. The molecule has 1 aliphatic rings. The normalized spacial score (nSPS) is 19.8. The molecule has 1 aromatic rings. The summed E-state index contributed by atoms with van der Waals surface area (Å²) in [4.78, 5) is 3.97. The Bertz CT molecular complexity index is 283. The lowest BCUT2D eigenvalue weighted by Gasteiger charge is -2.22. The van der Waals surface area contributed by atoms with Crippen LogP contribution in [0.3, 0.4) is 0 Å². The van der Waals surface area contributed by atoms with Gasteiger partial charge in [0.1, 0.15) is 0 Å². The molecule has 1 fully saturated rings. The van der Waals surface area contributed by atoms with Crippen molar-refractivity contribution in [2.75, 3.05) is 5.75 Å². The first-order chi connectivity index (χ1) is 7.84. The molecule has 0 radical (unpaired) electrons. The topological polar surface area (TPSA) is 38.0 Å². The summed E-state index contributed by atoms with van der Waals surface area (Å²) >= 11 is 1.94. The van der Waals surface area contributed by atoms with Gasteiger partial charge in [0.2, 0.25) is 0 Å². The van der Waals surface area contributed by atoms with Gasteiger partial charge in [-0.25, -0.2) is 4.98 Å². The summed E-state index contributed by atoms with van der Waals surface area (Å²) in [5, 5.41) is 10.7. The Hall–Kier alpha value is -0.480. The van der Waals surface area contributed by atoms with Gasteiger partial charge in [-0.15, -0.1) is 0 Å². The second-order valence-corrected chi connectivity index (χ2v) is 5.84. The highest BCUT2D eigenvalue weighted by atomic mass is 32.2. The Morgan fingerprint density at radius 1 is 1.38 bits per heavy atom. The number of nitrogens with zero attached hydrogens (tertiary/aromatic N) is 2. The van der Waals surface area contributed by atoms with Crippen LogP contribution in [0.5, 0.6) is 0 Å². The summed E-state index contributed by atoms with van der Waals surface area (Å²) in [5.41, 5.74) is 0. The largest absolute Gasteiger partial charge is 0.390 e. The van der Waals surface area contributed by atoms with Crippen molar-refractivity contribution < 1.29 is 5.11 Å². The average molecular weight is 240 g/mol. The van der Waals surface area contributed by atoms with Crippen molar-refractivity contribution in [1.82, 2.24) is 9.55 Å². The molecule has 0 aliphatic heterocycles. The van der Waals surface area contributed by atoms with Crippen LogP contribution in [0.1, 0.15) is 32.1 Å². The van der Waals surface area contributed by atoms with E-state index in [0.717, 1.165) is 11.0 Å². The molecule has 1 heterocycles. The highest BCUT2D eigenvalue weighted by Gasteiger charge is 2.15. The molecule has 0 aromatic carbocycles. The molecule has 90 valence electrons. The minimum absolute atomic E-state index is 0.249. The van der Waals surface area contributed by atoms with Crippen LogP contribution in [0.25, 0.3) is 0 Å². The molecule has 4 heteroatoms. The molecule has 0 amide bonds. The van der Waals surface area contributed by atoms with Crippen molar-refractivity contribution in [2.24, 2.45) is 0 Å². The quantitative estimate of drug-likeness (QED) is 0.858. The molecule has 0 spiro atoms. The molecule has 0 saturated heterocycles. The molecule has 1 unspecified atom stereocenters. The minimum atomic E-state index is -0.249. The molecule has 0 bridgehead atoms. The predicted molar refractivity (Wildman–Crippen MR) is 67.6 cm³/mol. The van der Waals surface area contributed by atoms with Gasteiger partial charge in [0.05, 0.1) is 19.0 Å². The summed E-state index contributed by atoms with van der Waals surface area (Å²) in [6.07, 6.45) is 12.0. The molecule has 16 heavy (non-hydrogen) atoms. The molecular weight excluding hydrogens is 220 g/mol. The average Bonchev–Trinajstić information content (AvgIpc) is 2.81. The zero-order valence-corrected chi connectivity index (χ0v) is 10.4.